The Morgan fingerprint density at radius 2 is 1.80 bits per heavy atom. The normalized spacial score (nSPS) is 18.0. The molecule has 1 fully saturated rings. The minimum Gasteiger partial charge on any atom is -0.507 e. The number of ether oxygens (including phenoxy) is 3. The van der Waals surface area contributed by atoms with Gasteiger partial charge < -0.3 is 24.2 Å². The topological polar surface area (TPSA) is 85.3 Å². The molecule has 0 spiro atoms. The van der Waals surface area contributed by atoms with E-state index in [9.17, 15) is 14.7 Å². The van der Waals surface area contributed by atoms with Crippen LogP contribution < -0.4 is 9.47 Å². The number of aliphatic hydroxyl groups excluding tert-OH is 1. The third-order valence-electron chi connectivity index (χ3n) is 4.90. The molecular weight excluding hydrogens is 386 g/mol. The number of methoxy groups -OCH3 is 2. The molecular formula is C23H25NO6. The Hall–Kier alpha value is -3.32. The average Bonchev–Trinajstić information content (AvgIpc) is 3.02. The Labute approximate surface area is 175 Å². The number of amides is 1. The van der Waals surface area contributed by atoms with Crippen LogP contribution >= 0.6 is 0 Å². The Morgan fingerprint density at radius 3 is 2.50 bits per heavy atom. The van der Waals surface area contributed by atoms with Crippen LogP contribution in [0.3, 0.4) is 0 Å². The highest BCUT2D eigenvalue weighted by Crippen LogP contribution is 2.40. The van der Waals surface area contributed by atoms with Crippen molar-refractivity contribution in [2.75, 3.05) is 34.0 Å². The van der Waals surface area contributed by atoms with E-state index in [0.717, 1.165) is 0 Å². The van der Waals surface area contributed by atoms with E-state index in [1.54, 1.807) is 55.6 Å². The lowest BCUT2D eigenvalue weighted by Gasteiger charge is -2.25. The van der Waals surface area contributed by atoms with Crippen LogP contribution in [-0.2, 0) is 14.3 Å². The van der Waals surface area contributed by atoms with Gasteiger partial charge in [0.2, 0.25) is 0 Å². The molecule has 0 radical (unpaired) electrons. The van der Waals surface area contributed by atoms with E-state index in [0.29, 0.717) is 29.2 Å². The third kappa shape index (κ3) is 4.16. The molecule has 2 aromatic rings. The Balaban J connectivity index is 2.15. The van der Waals surface area contributed by atoms with E-state index in [4.69, 9.17) is 14.2 Å². The fraction of sp³-hybridized carbons (Fsp3) is 0.304. The van der Waals surface area contributed by atoms with Crippen molar-refractivity contribution >= 4 is 17.4 Å². The van der Waals surface area contributed by atoms with Gasteiger partial charge in [0.1, 0.15) is 17.3 Å². The first-order valence-corrected chi connectivity index (χ1v) is 9.66. The number of carbonyl (C=O) groups is 2. The van der Waals surface area contributed by atoms with E-state index < -0.39 is 17.7 Å². The fourth-order valence-corrected chi connectivity index (χ4v) is 3.51. The second kappa shape index (κ2) is 9.45. The van der Waals surface area contributed by atoms with Gasteiger partial charge in [0.25, 0.3) is 11.7 Å². The third-order valence-corrected chi connectivity index (χ3v) is 4.90. The van der Waals surface area contributed by atoms with E-state index in [1.807, 2.05) is 6.92 Å². The Kier molecular flexibility index (Phi) is 6.74. The van der Waals surface area contributed by atoms with Crippen LogP contribution in [0, 0.1) is 0 Å². The summed E-state index contributed by atoms with van der Waals surface area (Å²) < 4.78 is 15.9. The summed E-state index contributed by atoms with van der Waals surface area (Å²) in [5.74, 6) is -0.514. The summed E-state index contributed by atoms with van der Waals surface area (Å²) in [4.78, 5) is 27.1. The van der Waals surface area contributed by atoms with Gasteiger partial charge in [-0.25, -0.2) is 0 Å². The molecule has 158 valence electrons. The molecule has 3 rings (SSSR count). The summed E-state index contributed by atoms with van der Waals surface area (Å²) in [5, 5.41) is 11.1. The quantitative estimate of drug-likeness (QED) is 0.408. The zero-order valence-electron chi connectivity index (χ0n) is 17.3. The molecule has 0 saturated carbocycles. The summed E-state index contributed by atoms with van der Waals surface area (Å²) in [7, 11) is 3.07. The second-order valence-electron chi connectivity index (χ2n) is 6.72. The lowest BCUT2D eigenvalue weighted by molar-refractivity contribution is -0.140. The number of carbonyl (C=O) groups excluding carboxylic acids is 2. The van der Waals surface area contributed by atoms with Crippen molar-refractivity contribution in [1.82, 2.24) is 4.90 Å². The van der Waals surface area contributed by atoms with Crippen LogP contribution in [-0.4, -0.2) is 55.7 Å². The van der Waals surface area contributed by atoms with Crippen molar-refractivity contribution in [3.05, 3.63) is 65.2 Å². The molecule has 0 aliphatic carbocycles. The smallest absolute Gasteiger partial charge is 0.295 e. The van der Waals surface area contributed by atoms with Gasteiger partial charge in [0.05, 0.1) is 31.9 Å². The molecule has 7 heteroatoms. The number of nitrogens with zero attached hydrogens (tertiary/aromatic N) is 1. The minimum atomic E-state index is -0.758. The van der Waals surface area contributed by atoms with Gasteiger partial charge >= 0.3 is 0 Å². The van der Waals surface area contributed by atoms with Crippen molar-refractivity contribution in [3.8, 4) is 11.5 Å². The van der Waals surface area contributed by atoms with Gasteiger partial charge in [-0.3, -0.25) is 9.59 Å². The number of aliphatic hydroxyl groups is 1. The molecule has 1 aliphatic rings. The van der Waals surface area contributed by atoms with Gasteiger partial charge in [0, 0.05) is 19.2 Å². The highest BCUT2D eigenvalue weighted by atomic mass is 16.5. The van der Waals surface area contributed by atoms with Crippen molar-refractivity contribution in [2.24, 2.45) is 0 Å². The Bertz CT molecular complexity index is 968. The maximum atomic E-state index is 12.9. The molecule has 0 aromatic heterocycles. The number of likely N-dealkylation sites (tertiary alicyclic amines) is 1. The van der Waals surface area contributed by atoms with E-state index in [1.165, 1.54) is 12.0 Å². The van der Waals surface area contributed by atoms with Gasteiger partial charge in [-0.1, -0.05) is 24.3 Å². The lowest BCUT2D eigenvalue weighted by atomic mass is 9.95. The van der Waals surface area contributed by atoms with Crippen LogP contribution in [0.25, 0.3) is 5.76 Å². The molecule has 0 bridgehead atoms. The summed E-state index contributed by atoms with van der Waals surface area (Å²) in [5.41, 5.74) is 1.09. The van der Waals surface area contributed by atoms with Gasteiger partial charge in [-0.15, -0.1) is 0 Å². The van der Waals surface area contributed by atoms with Crippen molar-refractivity contribution in [3.63, 3.8) is 0 Å². The molecule has 1 N–H and O–H groups in total. The molecule has 1 amide bonds. The molecule has 1 heterocycles. The number of rotatable bonds is 8. The van der Waals surface area contributed by atoms with Gasteiger partial charge in [-0.2, -0.15) is 0 Å². The predicted octanol–water partition coefficient (Wildman–Crippen LogP) is 3.16. The Morgan fingerprint density at radius 1 is 1.07 bits per heavy atom. The molecule has 30 heavy (non-hydrogen) atoms. The number of hydrogen-bond donors (Lipinski definition) is 1. The molecule has 1 unspecified atom stereocenters. The number of benzene rings is 2. The highest BCUT2D eigenvalue weighted by molar-refractivity contribution is 6.46. The minimum absolute atomic E-state index is 0.0259. The maximum Gasteiger partial charge on any atom is 0.295 e. The van der Waals surface area contributed by atoms with E-state index in [2.05, 4.69) is 0 Å². The summed E-state index contributed by atoms with van der Waals surface area (Å²) >= 11 is 0. The largest absolute Gasteiger partial charge is 0.507 e. The van der Waals surface area contributed by atoms with E-state index in [-0.39, 0.29) is 24.5 Å². The first-order valence-electron chi connectivity index (χ1n) is 9.66. The zero-order chi connectivity index (χ0) is 21.7. The predicted molar refractivity (Wildman–Crippen MR) is 111 cm³/mol. The molecule has 7 nitrogen and oxygen atoms in total. The van der Waals surface area contributed by atoms with Crippen molar-refractivity contribution < 1.29 is 28.9 Å². The SMILES string of the molecule is CCOc1cccc(/C(O)=C2\C(=O)C(=O)N(CCOC)C2c2cccc(OC)c2)c1. The van der Waals surface area contributed by atoms with Crippen LogP contribution in [0.2, 0.25) is 0 Å². The first-order chi connectivity index (χ1) is 14.5. The number of hydrogen-bond acceptors (Lipinski definition) is 6. The highest BCUT2D eigenvalue weighted by Gasteiger charge is 2.46. The van der Waals surface area contributed by atoms with Crippen LogP contribution in [0.5, 0.6) is 11.5 Å². The monoisotopic (exact) mass is 411 g/mol. The van der Waals surface area contributed by atoms with Crippen molar-refractivity contribution in [1.29, 1.82) is 0 Å². The zero-order valence-corrected chi connectivity index (χ0v) is 17.3. The molecule has 1 saturated heterocycles. The van der Waals surface area contributed by atoms with Crippen LogP contribution in [0.4, 0.5) is 0 Å². The standard InChI is InChI=1S/C23H25NO6/c1-4-30-18-10-6-8-16(14-18)21(25)19-20(15-7-5-9-17(13-15)29-3)24(11-12-28-2)23(27)22(19)26/h5-10,13-14,20,25H,4,11-12H2,1-3H3/b21-19+. The maximum absolute atomic E-state index is 12.9. The lowest BCUT2D eigenvalue weighted by Crippen LogP contribution is -2.32. The number of ketones is 1. The first kappa shape index (κ1) is 21.4. The summed E-state index contributed by atoms with van der Waals surface area (Å²) in [6.07, 6.45) is 0. The summed E-state index contributed by atoms with van der Waals surface area (Å²) in [6, 6.07) is 13.1. The number of Topliss-reactive ketones (excluding diaryl/α,β-unsaturated/α-hetero) is 1. The van der Waals surface area contributed by atoms with Gasteiger partial charge in [-0.05, 0) is 36.8 Å². The molecule has 1 atom stereocenters. The summed E-state index contributed by atoms with van der Waals surface area (Å²) in [6.45, 7) is 2.79. The fourth-order valence-electron chi connectivity index (χ4n) is 3.51. The molecule has 2 aromatic carbocycles. The van der Waals surface area contributed by atoms with Crippen LogP contribution in [0.1, 0.15) is 24.1 Å². The van der Waals surface area contributed by atoms with E-state index >= 15 is 0 Å². The van der Waals surface area contributed by atoms with Crippen molar-refractivity contribution in [2.45, 2.75) is 13.0 Å². The second-order valence-corrected chi connectivity index (χ2v) is 6.72. The molecule has 1 aliphatic heterocycles. The van der Waals surface area contributed by atoms with Gasteiger partial charge in [0.15, 0.2) is 0 Å². The average molecular weight is 411 g/mol. The van der Waals surface area contributed by atoms with Crippen LogP contribution in [0.15, 0.2) is 54.1 Å².